The normalized spacial score (nSPS) is 11.3. The Kier molecular flexibility index (Phi) is 5.71. The lowest BCUT2D eigenvalue weighted by molar-refractivity contribution is -0.119. The summed E-state index contributed by atoms with van der Waals surface area (Å²) in [5.74, 6) is -0.261. The number of sulfonamides is 1. The van der Waals surface area contributed by atoms with Gasteiger partial charge in [-0.3, -0.25) is 14.5 Å². The van der Waals surface area contributed by atoms with Crippen LogP contribution in [0, 0.1) is 0 Å². The van der Waals surface area contributed by atoms with Gasteiger partial charge >= 0.3 is 0 Å². The fraction of sp³-hybridized carbons (Fsp3) is 0.167. The van der Waals surface area contributed by atoms with E-state index in [9.17, 15) is 13.2 Å². The van der Waals surface area contributed by atoms with Gasteiger partial charge in [-0.05, 0) is 35.9 Å². The Morgan fingerprint density at radius 3 is 2.64 bits per heavy atom. The maximum atomic E-state index is 12.6. The summed E-state index contributed by atoms with van der Waals surface area (Å²) >= 11 is 0. The van der Waals surface area contributed by atoms with Crippen molar-refractivity contribution in [3.8, 4) is 17.0 Å². The first-order valence-electron chi connectivity index (χ1n) is 8.29. The monoisotopic (exact) mass is 401 g/mol. The molecule has 0 unspecified atom stereocenters. The number of aryl methyl sites for hydroxylation is 1. The molecule has 0 saturated carbocycles. The molecule has 10 heteroatoms. The van der Waals surface area contributed by atoms with Crippen LogP contribution < -0.4 is 15.2 Å². The molecule has 0 saturated heterocycles. The number of hydrogen-bond donors (Lipinski definition) is 2. The lowest BCUT2D eigenvalue weighted by Crippen LogP contribution is -2.23. The van der Waals surface area contributed by atoms with E-state index in [1.165, 1.54) is 24.3 Å². The zero-order valence-electron chi connectivity index (χ0n) is 15.1. The van der Waals surface area contributed by atoms with E-state index >= 15 is 0 Å². The Hall–Kier alpha value is -3.24. The number of carbonyl (C=O) groups excluding carboxylic acids is 1. The Morgan fingerprint density at radius 2 is 2.00 bits per heavy atom. The standard InChI is InChI=1S/C18H19N5O4S/c1-23-11-14(9-21-23)18-13(3-2-8-20-18)10-22-28(25,26)16-6-4-15(5-7-16)27-12-17(19)24/h2-9,11,22H,10,12H2,1H3,(H2,19,24). The molecule has 0 atom stereocenters. The Balaban J connectivity index is 1.73. The lowest BCUT2D eigenvalue weighted by Gasteiger charge is -2.10. The number of ether oxygens (including phenoxy) is 1. The molecule has 0 aliphatic carbocycles. The van der Waals surface area contributed by atoms with Crippen LogP contribution in [0.5, 0.6) is 5.75 Å². The molecule has 0 spiro atoms. The van der Waals surface area contributed by atoms with Gasteiger partial charge in [0.2, 0.25) is 10.0 Å². The predicted octanol–water partition coefficient (Wildman–Crippen LogP) is 0.825. The molecule has 0 radical (unpaired) electrons. The Labute approximate surface area is 162 Å². The van der Waals surface area contributed by atoms with E-state index in [1.54, 1.807) is 36.3 Å². The van der Waals surface area contributed by atoms with Gasteiger partial charge in [-0.25, -0.2) is 13.1 Å². The molecule has 2 aromatic heterocycles. The van der Waals surface area contributed by atoms with Gasteiger partial charge in [-0.2, -0.15) is 5.10 Å². The SMILES string of the molecule is Cn1cc(-c2ncccc2CNS(=O)(=O)c2ccc(OCC(N)=O)cc2)cn1. The highest BCUT2D eigenvalue weighted by Gasteiger charge is 2.16. The third-order valence-electron chi connectivity index (χ3n) is 3.84. The highest BCUT2D eigenvalue weighted by molar-refractivity contribution is 7.89. The molecular formula is C18H19N5O4S. The van der Waals surface area contributed by atoms with E-state index in [4.69, 9.17) is 10.5 Å². The first kappa shape index (κ1) is 19.5. The van der Waals surface area contributed by atoms with Gasteiger partial charge in [0.05, 0.1) is 16.8 Å². The molecular weight excluding hydrogens is 382 g/mol. The number of nitrogens with two attached hydrogens (primary N) is 1. The second-order valence-electron chi connectivity index (χ2n) is 5.96. The molecule has 0 bridgehead atoms. The van der Waals surface area contributed by atoms with Crippen molar-refractivity contribution in [2.45, 2.75) is 11.4 Å². The van der Waals surface area contributed by atoms with Crippen LogP contribution in [0.25, 0.3) is 11.3 Å². The third kappa shape index (κ3) is 4.72. The van der Waals surface area contributed by atoms with Crippen LogP contribution in [0.3, 0.4) is 0 Å². The van der Waals surface area contributed by atoms with E-state index in [0.29, 0.717) is 11.4 Å². The molecule has 1 aromatic carbocycles. The summed E-state index contributed by atoms with van der Waals surface area (Å²) in [5, 5.41) is 4.12. The van der Waals surface area contributed by atoms with Gasteiger partial charge in [0.25, 0.3) is 5.91 Å². The van der Waals surface area contributed by atoms with Crippen LogP contribution in [0.1, 0.15) is 5.56 Å². The molecule has 3 N–H and O–H groups in total. The summed E-state index contributed by atoms with van der Waals surface area (Å²) in [5.41, 5.74) is 7.19. The van der Waals surface area contributed by atoms with Crippen molar-refractivity contribution >= 4 is 15.9 Å². The topological polar surface area (TPSA) is 129 Å². The predicted molar refractivity (Wildman–Crippen MR) is 102 cm³/mol. The fourth-order valence-electron chi connectivity index (χ4n) is 2.51. The number of nitrogens with one attached hydrogen (secondary N) is 1. The smallest absolute Gasteiger partial charge is 0.255 e. The lowest BCUT2D eigenvalue weighted by atomic mass is 10.1. The summed E-state index contributed by atoms with van der Waals surface area (Å²) in [4.78, 5) is 15.1. The molecule has 3 aromatic rings. The van der Waals surface area contributed by atoms with Crippen molar-refractivity contribution in [1.29, 1.82) is 0 Å². The van der Waals surface area contributed by atoms with E-state index in [0.717, 1.165) is 11.1 Å². The van der Waals surface area contributed by atoms with Gasteiger partial charge < -0.3 is 10.5 Å². The quantitative estimate of drug-likeness (QED) is 0.575. The molecule has 2 heterocycles. The van der Waals surface area contributed by atoms with E-state index in [-0.39, 0.29) is 18.0 Å². The van der Waals surface area contributed by atoms with E-state index < -0.39 is 15.9 Å². The molecule has 9 nitrogen and oxygen atoms in total. The third-order valence-corrected chi connectivity index (χ3v) is 5.25. The van der Waals surface area contributed by atoms with Crippen LogP contribution >= 0.6 is 0 Å². The highest BCUT2D eigenvalue weighted by atomic mass is 32.2. The Morgan fingerprint density at radius 1 is 1.25 bits per heavy atom. The molecule has 0 aliphatic heterocycles. The van der Waals surface area contributed by atoms with Crippen LogP contribution in [0.4, 0.5) is 0 Å². The number of nitrogens with zero attached hydrogens (tertiary/aromatic N) is 3. The molecule has 1 amide bonds. The number of hydrogen-bond acceptors (Lipinski definition) is 6. The number of rotatable bonds is 8. The van der Waals surface area contributed by atoms with Gasteiger partial charge in [-0.15, -0.1) is 0 Å². The average molecular weight is 401 g/mol. The van der Waals surface area contributed by atoms with Crippen molar-refractivity contribution in [2.24, 2.45) is 12.8 Å². The number of pyridine rings is 1. The maximum Gasteiger partial charge on any atom is 0.255 e. The molecule has 0 aliphatic rings. The van der Waals surface area contributed by atoms with Crippen LogP contribution in [-0.4, -0.2) is 35.7 Å². The molecule has 3 rings (SSSR count). The van der Waals surface area contributed by atoms with Gasteiger partial charge in [0, 0.05) is 31.5 Å². The van der Waals surface area contributed by atoms with Gasteiger partial charge in [-0.1, -0.05) is 6.07 Å². The summed E-state index contributed by atoms with van der Waals surface area (Å²) in [6.45, 7) is -0.206. The zero-order valence-corrected chi connectivity index (χ0v) is 15.9. The first-order valence-corrected chi connectivity index (χ1v) is 9.77. The van der Waals surface area contributed by atoms with Crippen LogP contribution in [0.2, 0.25) is 0 Å². The number of benzene rings is 1. The van der Waals surface area contributed by atoms with Gasteiger partial charge in [0.15, 0.2) is 6.61 Å². The second kappa shape index (κ2) is 8.19. The minimum atomic E-state index is -3.75. The summed E-state index contributed by atoms with van der Waals surface area (Å²) in [6.07, 6.45) is 5.13. The zero-order chi connectivity index (χ0) is 20.1. The minimum Gasteiger partial charge on any atom is -0.484 e. The van der Waals surface area contributed by atoms with Crippen molar-refractivity contribution in [3.63, 3.8) is 0 Å². The van der Waals surface area contributed by atoms with Crippen molar-refractivity contribution in [3.05, 3.63) is 60.6 Å². The summed E-state index contributed by atoms with van der Waals surface area (Å²) in [6, 6.07) is 9.26. The summed E-state index contributed by atoms with van der Waals surface area (Å²) in [7, 11) is -1.95. The van der Waals surface area contributed by atoms with Crippen LogP contribution in [0.15, 0.2) is 59.9 Å². The average Bonchev–Trinajstić information content (AvgIpc) is 3.11. The maximum absolute atomic E-state index is 12.6. The molecule has 28 heavy (non-hydrogen) atoms. The van der Waals surface area contributed by atoms with Gasteiger partial charge in [0.1, 0.15) is 5.75 Å². The second-order valence-corrected chi connectivity index (χ2v) is 7.73. The highest BCUT2D eigenvalue weighted by Crippen LogP contribution is 2.21. The first-order chi connectivity index (χ1) is 13.3. The fourth-order valence-corrected chi connectivity index (χ4v) is 3.52. The number of primary amides is 1. The number of carbonyl (C=O) groups is 1. The van der Waals surface area contributed by atoms with E-state index in [2.05, 4.69) is 14.8 Å². The minimum absolute atomic E-state index is 0.0698. The molecule has 146 valence electrons. The molecule has 0 fully saturated rings. The number of aromatic nitrogens is 3. The van der Waals surface area contributed by atoms with Crippen molar-refractivity contribution in [2.75, 3.05) is 6.61 Å². The van der Waals surface area contributed by atoms with E-state index in [1.807, 2.05) is 6.20 Å². The number of amides is 1. The van der Waals surface area contributed by atoms with Crippen LogP contribution in [-0.2, 0) is 28.4 Å². The summed E-state index contributed by atoms with van der Waals surface area (Å²) < 4.78 is 34.5. The Bertz CT molecular complexity index is 1080. The van der Waals surface area contributed by atoms with Crippen molar-refractivity contribution < 1.29 is 17.9 Å². The largest absolute Gasteiger partial charge is 0.484 e. The van der Waals surface area contributed by atoms with Crippen molar-refractivity contribution in [1.82, 2.24) is 19.5 Å².